The molecule has 38 heavy (non-hydrogen) atoms. The van der Waals surface area contributed by atoms with Gasteiger partial charge in [0.1, 0.15) is 36.4 Å². The van der Waals surface area contributed by atoms with Gasteiger partial charge in [0.05, 0.1) is 10.0 Å². The highest BCUT2D eigenvalue weighted by Crippen LogP contribution is 2.35. The van der Waals surface area contributed by atoms with Crippen molar-refractivity contribution in [3.63, 3.8) is 0 Å². The Balaban J connectivity index is 1.40. The molecular formula is C30H21Cl2FN2O3. The molecule has 0 aromatic heterocycles. The molecule has 0 spiro atoms. The van der Waals surface area contributed by atoms with Gasteiger partial charge < -0.3 is 14.8 Å². The minimum Gasteiger partial charge on any atom is -0.489 e. The predicted octanol–water partition coefficient (Wildman–Crippen LogP) is 7.84. The average Bonchev–Trinajstić information content (AvgIpc) is 2.92. The summed E-state index contributed by atoms with van der Waals surface area (Å²) in [5, 5.41) is 12.6. The van der Waals surface area contributed by atoms with Crippen LogP contribution in [-0.2, 0) is 18.0 Å². The first kappa shape index (κ1) is 26.7. The number of hydrogen-bond acceptors (Lipinski definition) is 4. The van der Waals surface area contributed by atoms with Gasteiger partial charge >= 0.3 is 0 Å². The minimum absolute atomic E-state index is 0.0662. The number of nitrogens with one attached hydrogen (secondary N) is 1. The van der Waals surface area contributed by atoms with Crippen LogP contribution in [0.3, 0.4) is 0 Å². The number of carbonyl (C=O) groups excluding carboxylic acids is 1. The Labute approximate surface area is 229 Å². The van der Waals surface area contributed by atoms with Crippen LogP contribution in [0.2, 0.25) is 10.0 Å². The van der Waals surface area contributed by atoms with Gasteiger partial charge in [-0.2, -0.15) is 5.26 Å². The summed E-state index contributed by atoms with van der Waals surface area (Å²) in [6, 6.07) is 27.7. The minimum atomic E-state index is -0.599. The van der Waals surface area contributed by atoms with E-state index in [9.17, 15) is 14.4 Å². The molecular weight excluding hydrogens is 526 g/mol. The maximum atomic E-state index is 13.9. The third kappa shape index (κ3) is 7.13. The molecule has 4 aromatic rings. The van der Waals surface area contributed by atoms with E-state index in [1.807, 2.05) is 36.4 Å². The lowest BCUT2D eigenvalue weighted by Crippen LogP contribution is -2.13. The molecule has 1 amide bonds. The molecule has 8 heteroatoms. The quantitative estimate of drug-likeness (QED) is 0.171. The zero-order chi connectivity index (χ0) is 26.9. The van der Waals surface area contributed by atoms with Crippen LogP contribution < -0.4 is 14.8 Å². The Kier molecular flexibility index (Phi) is 8.99. The molecule has 0 bridgehead atoms. The Morgan fingerprint density at radius 1 is 0.895 bits per heavy atom. The summed E-state index contributed by atoms with van der Waals surface area (Å²) < 4.78 is 25.2. The fourth-order valence-electron chi connectivity index (χ4n) is 3.46. The number of carbonyl (C=O) groups is 1. The van der Waals surface area contributed by atoms with Crippen LogP contribution >= 0.6 is 23.2 Å². The van der Waals surface area contributed by atoms with Crippen molar-refractivity contribution in [3.05, 3.63) is 129 Å². The topological polar surface area (TPSA) is 71.3 Å². The number of rotatable bonds is 9. The van der Waals surface area contributed by atoms with Crippen molar-refractivity contribution in [1.82, 2.24) is 0 Å². The molecule has 4 rings (SSSR count). The highest BCUT2D eigenvalue weighted by molar-refractivity contribution is 6.37. The van der Waals surface area contributed by atoms with Gasteiger partial charge in [-0.1, -0.05) is 71.7 Å². The number of amides is 1. The summed E-state index contributed by atoms with van der Waals surface area (Å²) in [4.78, 5) is 12.7. The molecule has 0 heterocycles. The van der Waals surface area contributed by atoms with Crippen LogP contribution in [0, 0.1) is 17.1 Å². The Morgan fingerprint density at radius 2 is 1.55 bits per heavy atom. The van der Waals surface area contributed by atoms with Gasteiger partial charge in [0, 0.05) is 11.3 Å². The molecule has 0 fully saturated rings. The molecule has 0 saturated heterocycles. The van der Waals surface area contributed by atoms with E-state index in [-0.39, 0.29) is 28.0 Å². The van der Waals surface area contributed by atoms with Crippen molar-refractivity contribution in [3.8, 4) is 17.6 Å². The van der Waals surface area contributed by atoms with Gasteiger partial charge in [-0.25, -0.2) is 4.39 Å². The highest BCUT2D eigenvalue weighted by atomic mass is 35.5. The fraction of sp³-hybridized carbons (Fsp3) is 0.0667. The Hall–Kier alpha value is -4.31. The van der Waals surface area contributed by atoms with Crippen molar-refractivity contribution < 1.29 is 18.7 Å². The van der Waals surface area contributed by atoms with Crippen LogP contribution in [0.5, 0.6) is 11.5 Å². The zero-order valence-electron chi connectivity index (χ0n) is 20.0. The summed E-state index contributed by atoms with van der Waals surface area (Å²) in [7, 11) is 0. The molecule has 190 valence electrons. The largest absolute Gasteiger partial charge is 0.489 e. The van der Waals surface area contributed by atoms with E-state index in [0.717, 1.165) is 5.56 Å². The molecule has 0 saturated carbocycles. The van der Waals surface area contributed by atoms with Gasteiger partial charge in [-0.15, -0.1) is 0 Å². The number of halogens is 3. The van der Waals surface area contributed by atoms with Gasteiger partial charge in [0.2, 0.25) is 0 Å². The zero-order valence-corrected chi connectivity index (χ0v) is 21.5. The summed E-state index contributed by atoms with van der Waals surface area (Å²) >= 11 is 12.7. The maximum absolute atomic E-state index is 13.9. The van der Waals surface area contributed by atoms with Gasteiger partial charge in [-0.05, 0) is 59.7 Å². The highest BCUT2D eigenvalue weighted by Gasteiger charge is 2.14. The standard InChI is InChI=1S/C30H21Cl2FN2O3/c31-26-15-21(16-27(32)29(26)38-19-22-8-4-5-9-28(22)33)14-23(17-34)30(36)35-24-10-12-25(13-11-24)37-18-20-6-2-1-3-7-20/h1-16H,18-19H2,(H,35,36)/b23-14+. The predicted molar refractivity (Wildman–Crippen MR) is 147 cm³/mol. The first-order chi connectivity index (χ1) is 18.4. The summed E-state index contributed by atoms with van der Waals surface area (Å²) in [6.07, 6.45) is 1.37. The van der Waals surface area contributed by atoms with Crippen molar-refractivity contribution in [2.75, 3.05) is 5.32 Å². The number of ether oxygens (including phenoxy) is 2. The molecule has 4 aromatic carbocycles. The molecule has 0 aliphatic heterocycles. The van der Waals surface area contributed by atoms with Crippen molar-refractivity contribution in [2.24, 2.45) is 0 Å². The summed E-state index contributed by atoms with van der Waals surface area (Å²) in [5.41, 5.74) is 2.16. The smallest absolute Gasteiger partial charge is 0.266 e. The van der Waals surface area contributed by atoms with Crippen molar-refractivity contribution in [2.45, 2.75) is 13.2 Å². The Morgan fingerprint density at radius 3 is 2.21 bits per heavy atom. The lowest BCUT2D eigenvalue weighted by Gasteiger charge is -2.12. The normalized spacial score (nSPS) is 10.9. The van der Waals surface area contributed by atoms with Crippen molar-refractivity contribution in [1.29, 1.82) is 5.26 Å². The monoisotopic (exact) mass is 546 g/mol. The molecule has 5 nitrogen and oxygen atoms in total. The second-order valence-electron chi connectivity index (χ2n) is 8.12. The molecule has 1 N–H and O–H groups in total. The third-order valence-corrected chi connectivity index (χ3v) is 5.95. The summed E-state index contributed by atoms with van der Waals surface area (Å²) in [6.45, 7) is 0.356. The molecule has 0 radical (unpaired) electrons. The van der Waals surface area contributed by atoms with E-state index in [1.165, 1.54) is 24.3 Å². The van der Waals surface area contributed by atoms with Crippen LogP contribution in [-0.4, -0.2) is 5.91 Å². The lowest BCUT2D eigenvalue weighted by atomic mass is 10.1. The van der Waals surface area contributed by atoms with Crippen LogP contribution in [0.25, 0.3) is 6.08 Å². The van der Waals surface area contributed by atoms with Crippen molar-refractivity contribution >= 4 is 40.9 Å². The SMILES string of the molecule is N#C/C(=C\c1cc(Cl)c(OCc2ccccc2F)c(Cl)c1)C(=O)Nc1ccc(OCc2ccccc2)cc1. The first-order valence-corrected chi connectivity index (χ1v) is 12.2. The van der Waals surface area contributed by atoms with Gasteiger partial charge in [0.25, 0.3) is 5.91 Å². The number of anilines is 1. The summed E-state index contributed by atoms with van der Waals surface area (Å²) in [5.74, 6) is -0.188. The van der Waals surface area contributed by atoms with E-state index < -0.39 is 11.7 Å². The van der Waals surface area contributed by atoms with Gasteiger partial charge in [0.15, 0.2) is 5.75 Å². The maximum Gasteiger partial charge on any atom is 0.266 e. The van der Waals surface area contributed by atoms with Crippen LogP contribution in [0.15, 0.2) is 96.6 Å². The van der Waals surface area contributed by atoms with E-state index in [1.54, 1.807) is 42.5 Å². The molecule has 0 atom stereocenters. The van der Waals surface area contributed by atoms with E-state index in [2.05, 4.69) is 5.32 Å². The van der Waals surface area contributed by atoms with E-state index >= 15 is 0 Å². The first-order valence-electron chi connectivity index (χ1n) is 11.5. The van der Waals surface area contributed by atoms with E-state index in [4.69, 9.17) is 32.7 Å². The second kappa shape index (κ2) is 12.8. The molecule has 0 aliphatic carbocycles. The van der Waals surface area contributed by atoms with Crippen LogP contribution in [0.4, 0.5) is 10.1 Å². The second-order valence-corrected chi connectivity index (χ2v) is 8.93. The molecule has 0 unspecified atom stereocenters. The van der Waals surface area contributed by atoms with Gasteiger partial charge in [-0.3, -0.25) is 4.79 Å². The third-order valence-electron chi connectivity index (χ3n) is 5.39. The van der Waals surface area contributed by atoms with E-state index in [0.29, 0.717) is 29.2 Å². The van der Waals surface area contributed by atoms with Crippen LogP contribution in [0.1, 0.15) is 16.7 Å². The average molecular weight is 547 g/mol. The number of nitrogens with zero attached hydrogens (tertiary/aromatic N) is 1. The number of hydrogen-bond donors (Lipinski definition) is 1. The fourth-order valence-corrected chi connectivity index (χ4v) is 4.07. The lowest BCUT2D eigenvalue weighted by molar-refractivity contribution is -0.112. The number of benzene rings is 4. The molecule has 0 aliphatic rings. The Bertz CT molecular complexity index is 1480. The number of nitriles is 1.